The van der Waals surface area contributed by atoms with Crippen molar-refractivity contribution in [3.63, 3.8) is 0 Å². The molecule has 2 aromatic rings. The second-order valence-corrected chi connectivity index (χ2v) is 4.92. The molecule has 1 fully saturated rings. The maximum Gasteiger partial charge on any atom is 0.255 e. The Kier molecular flexibility index (Phi) is 4.04. The monoisotopic (exact) mass is 284 g/mol. The molecule has 21 heavy (non-hydrogen) atoms. The van der Waals surface area contributed by atoms with E-state index < -0.39 is 0 Å². The molecule has 0 aliphatic carbocycles. The van der Waals surface area contributed by atoms with Gasteiger partial charge in [0.2, 0.25) is 5.88 Å². The number of ether oxygens (including phenoxy) is 1. The van der Waals surface area contributed by atoms with Crippen LogP contribution >= 0.6 is 0 Å². The summed E-state index contributed by atoms with van der Waals surface area (Å²) < 4.78 is 5.79. The zero-order chi connectivity index (χ0) is 14.5. The van der Waals surface area contributed by atoms with Crippen molar-refractivity contribution in [3.8, 4) is 5.88 Å². The molecule has 0 saturated carbocycles. The lowest BCUT2D eigenvalue weighted by Crippen LogP contribution is -2.44. The van der Waals surface area contributed by atoms with E-state index >= 15 is 0 Å². The van der Waals surface area contributed by atoms with E-state index in [2.05, 4.69) is 15.0 Å². The van der Waals surface area contributed by atoms with Crippen LogP contribution in [-0.2, 0) is 0 Å². The molecule has 3 heterocycles. The van der Waals surface area contributed by atoms with Gasteiger partial charge in [0.15, 0.2) is 0 Å². The van der Waals surface area contributed by atoms with Crippen molar-refractivity contribution in [2.45, 2.75) is 18.9 Å². The molecule has 6 heteroatoms. The van der Waals surface area contributed by atoms with Crippen molar-refractivity contribution in [2.75, 3.05) is 13.1 Å². The second-order valence-electron chi connectivity index (χ2n) is 4.92. The van der Waals surface area contributed by atoms with Crippen molar-refractivity contribution < 1.29 is 9.53 Å². The lowest BCUT2D eigenvalue weighted by molar-refractivity contribution is 0.0526. The number of hydrogen-bond acceptors (Lipinski definition) is 5. The summed E-state index contributed by atoms with van der Waals surface area (Å²) in [6, 6.07) is 3.55. The Hall–Kier alpha value is -2.50. The molecular weight excluding hydrogens is 268 g/mol. The Labute approximate surface area is 122 Å². The van der Waals surface area contributed by atoms with Gasteiger partial charge < -0.3 is 9.64 Å². The molecule has 1 saturated heterocycles. The van der Waals surface area contributed by atoms with Gasteiger partial charge in [0.05, 0.1) is 18.3 Å². The minimum absolute atomic E-state index is 0.00412. The summed E-state index contributed by atoms with van der Waals surface area (Å²) in [4.78, 5) is 26.3. The summed E-state index contributed by atoms with van der Waals surface area (Å²) in [5.74, 6) is 0.494. The number of likely N-dealkylation sites (tertiary alicyclic amines) is 1. The molecule has 1 amide bonds. The smallest absolute Gasteiger partial charge is 0.255 e. The number of nitrogens with zero attached hydrogens (tertiary/aromatic N) is 4. The number of rotatable bonds is 3. The Morgan fingerprint density at radius 2 is 2.14 bits per heavy atom. The Morgan fingerprint density at radius 1 is 1.24 bits per heavy atom. The van der Waals surface area contributed by atoms with Crippen LogP contribution in [0.5, 0.6) is 5.88 Å². The molecule has 1 aliphatic rings. The molecule has 2 aromatic heterocycles. The van der Waals surface area contributed by atoms with E-state index in [0.717, 1.165) is 19.4 Å². The van der Waals surface area contributed by atoms with Crippen molar-refractivity contribution >= 4 is 5.91 Å². The van der Waals surface area contributed by atoms with Crippen LogP contribution < -0.4 is 4.74 Å². The molecule has 1 unspecified atom stereocenters. The number of piperidine rings is 1. The number of carbonyl (C=O) groups excluding carboxylic acids is 1. The van der Waals surface area contributed by atoms with Crippen molar-refractivity contribution in [1.29, 1.82) is 0 Å². The molecular formula is C15H16N4O2. The number of aromatic nitrogens is 3. The molecule has 3 rings (SSSR count). The van der Waals surface area contributed by atoms with E-state index in [1.807, 2.05) is 4.90 Å². The minimum Gasteiger partial charge on any atom is -0.471 e. The Bertz CT molecular complexity index is 591. The van der Waals surface area contributed by atoms with Crippen LogP contribution in [0.15, 0.2) is 43.1 Å². The van der Waals surface area contributed by atoms with Crippen molar-refractivity contribution in [1.82, 2.24) is 19.9 Å². The molecule has 108 valence electrons. The normalized spacial score (nSPS) is 18.3. The molecule has 0 spiro atoms. The molecule has 0 aromatic carbocycles. The van der Waals surface area contributed by atoms with Gasteiger partial charge in [-0.15, -0.1) is 0 Å². The molecule has 0 bridgehead atoms. The molecule has 6 nitrogen and oxygen atoms in total. The molecule has 1 atom stereocenters. The third-order valence-corrected chi connectivity index (χ3v) is 3.40. The average molecular weight is 284 g/mol. The fraction of sp³-hybridized carbons (Fsp3) is 0.333. The highest BCUT2D eigenvalue weighted by Crippen LogP contribution is 2.17. The van der Waals surface area contributed by atoms with Crippen LogP contribution in [0.1, 0.15) is 23.2 Å². The van der Waals surface area contributed by atoms with E-state index in [0.29, 0.717) is 18.0 Å². The molecule has 0 radical (unpaired) electrons. The van der Waals surface area contributed by atoms with E-state index in [4.69, 9.17) is 4.74 Å². The number of pyridine rings is 1. The number of hydrogen-bond donors (Lipinski definition) is 0. The van der Waals surface area contributed by atoms with Gasteiger partial charge >= 0.3 is 0 Å². The van der Waals surface area contributed by atoms with Gasteiger partial charge in [0.1, 0.15) is 6.10 Å². The standard InChI is InChI=1S/C15H16N4O2/c20-15(12-3-1-5-16-9-12)19-8-2-4-13(11-19)21-14-10-17-6-7-18-14/h1,3,5-7,9-10,13H,2,4,8,11H2. The van der Waals surface area contributed by atoms with Gasteiger partial charge in [-0.2, -0.15) is 0 Å². The zero-order valence-corrected chi connectivity index (χ0v) is 11.6. The van der Waals surface area contributed by atoms with Gasteiger partial charge in [0, 0.05) is 31.3 Å². The summed E-state index contributed by atoms with van der Waals surface area (Å²) in [6.45, 7) is 1.30. The summed E-state index contributed by atoms with van der Waals surface area (Å²) in [6.07, 6.45) is 9.81. The highest BCUT2D eigenvalue weighted by atomic mass is 16.5. The quantitative estimate of drug-likeness (QED) is 0.855. The largest absolute Gasteiger partial charge is 0.471 e. The number of amides is 1. The van der Waals surface area contributed by atoms with Crippen LogP contribution in [0.4, 0.5) is 0 Å². The lowest BCUT2D eigenvalue weighted by Gasteiger charge is -2.32. The Balaban J connectivity index is 1.64. The first kappa shape index (κ1) is 13.5. The topological polar surface area (TPSA) is 68.2 Å². The van der Waals surface area contributed by atoms with Gasteiger partial charge in [-0.1, -0.05) is 0 Å². The highest BCUT2D eigenvalue weighted by molar-refractivity contribution is 5.93. The average Bonchev–Trinajstić information content (AvgIpc) is 2.56. The predicted octanol–water partition coefficient (Wildman–Crippen LogP) is 1.56. The minimum atomic E-state index is -0.0453. The third-order valence-electron chi connectivity index (χ3n) is 3.40. The summed E-state index contributed by atoms with van der Waals surface area (Å²) >= 11 is 0. The fourth-order valence-electron chi connectivity index (χ4n) is 2.41. The maximum atomic E-state index is 12.4. The maximum absolute atomic E-state index is 12.4. The van der Waals surface area contributed by atoms with E-state index in [1.54, 1.807) is 43.1 Å². The van der Waals surface area contributed by atoms with Crippen LogP contribution in [0.2, 0.25) is 0 Å². The third kappa shape index (κ3) is 3.34. The predicted molar refractivity (Wildman–Crippen MR) is 75.8 cm³/mol. The molecule has 0 N–H and O–H groups in total. The van der Waals surface area contributed by atoms with Crippen molar-refractivity contribution in [3.05, 3.63) is 48.7 Å². The first-order valence-corrected chi connectivity index (χ1v) is 6.95. The van der Waals surface area contributed by atoms with Gasteiger partial charge in [-0.3, -0.25) is 14.8 Å². The van der Waals surface area contributed by atoms with Gasteiger partial charge in [-0.25, -0.2) is 4.98 Å². The summed E-state index contributed by atoms with van der Waals surface area (Å²) in [7, 11) is 0. The Morgan fingerprint density at radius 3 is 2.90 bits per heavy atom. The first-order valence-electron chi connectivity index (χ1n) is 6.95. The van der Waals surface area contributed by atoms with Crippen LogP contribution in [0, 0.1) is 0 Å². The van der Waals surface area contributed by atoms with Crippen LogP contribution in [-0.4, -0.2) is 45.0 Å². The zero-order valence-electron chi connectivity index (χ0n) is 11.6. The van der Waals surface area contributed by atoms with Crippen molar-refractivity contribution in [2.24, 2.45) is 0 Å². The van der Waals surface area contributed by atoms with Gasteiger partial charge in [-0.05, 0) is 25.0 Å². The van der Waals surface area contributed by atoms with Crippen LogP contribution in [0.3, 0.4) is 0 Å². The van der Waals surface area contributed by atoms with E-state index in [9.17, 15) is 4.79 Å². The fourth-order valence-corrected chi connectivity index (χ4v) is 2.41. The number of carbonyl (C=O) groups is 1. The van der Waals surface area contributed by atoms with Crippen LogP contribution in [0.25, 0.3) is 0 Å². The van der Waals surface area contributed by atoms with Gasteiger partial charge in [0.25, 0.3) is 5.91 Å². The molecule has 1 aliphatic heterocycles. The SMILES string of the molecule is O=C(c1cccnc1)N1CCCC(Oc2cnccn2)C1. The first-order chi connectivity index (χ1) is 10.3. The van der Waals surface area contributed by atoms with E-state index in [1.165, 1.54) is 0 Å². The van der Waals surface area contributed by atoms with E-state index in [-0.39, 0.29) is 12.0 Å². The second kappa shape index (κ2) is 6.30. The summed E-state index contributed by atoms with van der Waals surface area (Å²) in [5, 5.41) is 0. The highest BCUT2D eigenvalue weighted by Gasteiger charge is 2.26. The summed E-state index contributed by atoms with van der Waals surface area (Å²) in [5.41, 5.74) is 0.609. The lowest BCUT2D eigenvalue weighted by atomic mass is 10.1.